The van der Waals surface area contributed by atoms with Crippen LogP contribution in [0.15, 0.2) is 12.7 Å². The molecule has 0 radical (unpaired) electrons. The lowest BCUT2D eigenvalue weighted by Gasteiger charge is -2.36. The number of likely N-dealkylation sites (N-methyl/N-ethyl adjacent to an activating group) is 1. The molecule has 0 aromatic heterocycles. The molecule has 0 saturated carbocycles. The molecule has 0 amide bonds. The number of halogens is 1. The summed E-state index contributed by atoms with van der Waals surface area (Å²) in [7, 11) is -1.21. The molecule has 1 atom stereocenters. The van der Waals surface area contributed by atoms with Gasteiger partial charge in [0.2, 0.25) is 10.0 Å². The first-order valence-electron chi connectivity index (χ1n) is 7.06. The Morgan fingerprint density at radius 3 is 2.25 bits per heavy atom. The molecule has 5 nitrogen and oxygen atoms in total. The van der Waals surface area contributed by atoms with Crippen LogP contribution in [-0.2, 0) is 10.0 Å². The van der Waals surface area contributed by atoms with Gasteiger partial charge in [0, 0.05) is 26.2 Å². The molecule has 20 heavy (non-hydrogen) atoms. The van der Waals surface area contributed by atoms with Crippen molar-refractivity contribution in [2.45, 2.75) is 18.1 Å². The second kappa shape index (κ2) is 7.75. The van der Waals surface area contributed by atoms with Gasteiger partial charge in [0.25, 0.3) is 0 Å². The second-order valence-electron chi connectivity index (χ2n) is 5.54. The molecule has 0 bridgehead atoms. The van der Waals surface area contributed by atoms with E-state index in [1.54, 1.807) is 10.4 Å². The quantitative estimate of drug-likeness (QED) is 0.767. The second-order valence-corrected chi connectivity index (χ2v) is 7.63. The van der Waals surface area contributed by atoms with E-state index < -0.39 is 15.3 Å². The van der Waals surface area contributed by atoms with Gasteiger partial charge in [-0.1, -0.05) is 6.08 Å². The predicted octanol–water partition coefficient (Wildman–Crippen LogP) is 0.540. The molecular weight excluding hydrogens is 298 g/mol. The summed E-state index contributed by atoms with van der Waals surface area (Å²) in [5.41, 5.74) is 0. The monoisotopic (exact) mass is 323 g/mol. The number of hydrogen-bond donors (Lipinski definition) is 1. The maximum atomic E-state index is 12.7. The summed E-state index contributed by atoms with van der Waals surface area (Å²) >= 11 is 0. The van der Waals surface area contributed by atoms with Gasteiger partial charge in [-0.25, -0.2) is 8.42 Å². The third-order valence-corrected chi connectivity index (χ3v) is 6.60. The molecule has 0 aliphatic carbocycles. The lowest BCUT2D eigenvalue weighted by Crippen LogP contribution is -2.51. The SMILES string of the molecule is C=CC(C1CCNCC1)S(=O)(=O)N1CCN(C)CC1.Cl. The van der Waals surface area contributed by atoms with Crippen LogP contribution in [-0.4, -0.2) is 69.2 Å². The van der Waals surface area contributed by atoms with Crippen molar-refractivity contribution in [3.8, 4) is 0 Å². The number of rotatable bonds is 4. The van der Waals surface area contributed by atoms with Gasteiger partial charge in [0.15, 0.2) is 0 Å². The van der Waals surface area contributed by atoms with Crippen molar-refractivity contribution in [3.63, 3.8) is 0 Å². The zero-order chi connectivity index (χ0) is 13.9. The van der Waals surface area contributed by atoms with Gasteiger partial charge in [0.1, 0.15) is 0 Å². The Morgan fingerprint density at radius 2 is 1.75 bits per heavy atom. The highest BCUT2D eigenvalue weighted by atomic mass is 35.5. The van der Waals surface area contributed by atoms with E-state index in [1.807, 2.05) is 7.05 Å². The van der Waals surface area contributed by atoms with E-state index in [0.717, 1.165) is 39.0 Å². The van der Waals surface area contributed by atoms with E-state index in [2.05, 4.69) is 16.8 Å². The Kier molecular flexibility index (Phi) is 6.94. The van der Waals surface area contributed by atoms with Gasteiger partial charge in [0.05, 0.1) is 5.25 Å². The summed E-state index contributed by atoms with van der Waals surface area (Å²) in [6, 6.07) is 0. The largest absolute Gasteiger partial charge is 0.317 e. The molecule has 2 saturated heterocycles. The summed E-state index contributed by atoms with van der Waals surface area (Å²) in [6.45, 7) is 8.44. The normalized spacial score (nSPS) is 24.9. The molecule has 2 aliphatic rings. The number of nitrogens with one attached hydrogen (secondary N) is 1. The fourth-order valence-corrected chi connectivity index (χ4v) is 4.96. The molecule has 0 aromatic carbocycles. The van der Waals surface area contributed by atoms with Gasteiger partial charge in [-0.05, 0) is 38.9 Å². The standard InChI is InChI=1S/C13H25N3O2S.ClH/c1-3-13(12-4-6-14-7-5-12)19(17,18)16-10-8-15(2)9-11-16;/h3,12-14H,1,4-11H2,2H3;1H. The van der Waals surface area contributed by atoms with E-state index in [-0.39, 0.29) is 18.3 Å². The molecular formula is C13H26ClN3O2S. The number of sulfonamides is 1. The van der Waals surface area contributed by atoms with Crippen LogP contribution in [0.25, 0.3) is 0 Å². The average Bonchev–Trinajstić information content (AvgIpc) is 2.41. The number of piperazine rings is 1. The molecule has 2 aliphatic heterocycles. The minimum atomic E-state index is -3.24. The summed E-state index contributed by atoms with van der Waals surface area (Å²) in [5, 5.41) is 2.86. The highest BCUT2D eigenvalue weighted by molar-refractivity contribution is 7.89. The van der Waals surface area contributed by atoms with Gasteiger partial charge in [-0.15, -0.1) is 19.0 Å². The van der Waals surface area contributed by atoms with Gasteiger partial charge >= 0.3 is 0 Å². The lowest BCUT2D eigenvalue weighted by atomic mass is 9.94. The molecule has 0 spiro atoms. The maximum absolute atomic E-state index is 12.7. The van der Waals surface area contributed by atoms with Crippen molar-refractivity contribution in [3.05, 3.63) is 12.7 Å². The van der Waals surface area contributed by atoms with Crippen molar-refractivity contribution < 1.29 is 8.42 Å². The molecule has 1 N–H and O–H groups in total. The van der Waals surface area contributed by atoms with Crippen molar-refractivity contribution in [1.82, 2.24) is 14.5 Å². The van der Waals surface area contributed by atoms with Crippen molar-refractivity contribution in [2.75, 3.05) is 46.3 Å². The molecule has 2 heterocycles. The van der Waals surface area contributed by atoms with E-state index in [9.17, 15) is 8.42 Å². The van der Waals surface area contributed by atoms with Crippen molar-refractivity contribution in [1.29, 1.82) is 0 Å². The van der Waals surface area contributed by atoms with E-state index >= 15 is 0 Å². The van der Waals surface area contributed by atoms with Gasteiger partial charge in [-0.3, -0.25) is 0 Å². The Morgan fingerprint density at radius 1 is 1.20 bits per heavy atom. The Labute approximate surface area is 128 Å². The van der Waals surface area contributed by atoms with Crippen LogP contribution in [0.5, 0.6) is 0 Å². The van der Waals surface area contributed by atoms with Crippen LogP contribution in [0, 0.1) is 5.92 Å². The number of hydrogen-bond acceptors (Lipinski definition) is 4. The minimum Gasteiger partial charge on any atom is -0.317 e. The zero-order valence-corrected chi connectivity index (χ0v) is 13.8. The van der Waals surface area contributed by atoms with Crippen molar-refractivity contribution in [2.24, 2.45) is 5.92 Å². The Bertz CT molecular complexity index is 402. The first-order valence-corrected chi connectivity index (χ1v) is 8.57. The van der Waals surface area contributed by atoms with E-state index in [0.29, 0.717) is 13.1 Å². The minimum absolute atomic E-state index is 0. The number of piperidine rings is 1. The first-order chi connectivity index (χ1) is 9.05. The van der Waals surface area contributed by atoms with Gasteiger partial charge < -0.3 is 10.2 Å². The molecule has 7 heteroatoms. The third kappa shape index (κ3) is 3.95. The molecule has 2 rings (SSSR count). The van der Waals surface area contributed by atoms with Crippen molar-refractivity contribution >= 4 is 22.4 Å². The fraction of sp³-hybridized carbons (Fsp3) is 0.846. The van der Waals surface area contributed by atoms with Crippen LogP contribution < -0.4 is 5.32 Å². The molecule has 0 aromatic rings. The topological polar surface area (TPSA) is 52.7 Å². The van der Waals surface area contributed by atoms with Crippen LogP contribution in [0.3, 0.4) is 0 Å². The third-order valence-electron chi connectivity index (χ3n) is 4.25. The Hall–Kier alpha value is -0.140. The smallest absolute Gasteiger partial charge is 0.220 e. The predicted molar refractivity (Wildman–Crippen MR) is 84.8 cm³/mol. The number of nitrogens with zero attached hydrogens (tertiary/aromatic N) is 2. The van der Waals surface area contributed by atoms with Crippen LogP contribution in [0.1, 0.15) is 12.8 Å². The highest BCUT2D eigenvalue weighted by Gasteiger charge is 2.37. The average molecular weight is 324 g/mol. The first kappa shape index (κ1) is 17.9. The summed E-state index contributed by atoms with van der Waals surface area (Å²) in [5.74, 6) is 0.211. The van der Waals surface area contributed by atoms with Crippen LogP contribution >= 0.6 is 12.4 Å². The molecule has 118 valence electrons. The summed E-state index contributed by atoms with van der Waals surface area (Å²) < 4.78 is 27.1. The van der Waals surface area contributed by atoms with Crippen LogP contribution in [0.2, 0.25) is 0 Å². The van der Waals surface area contributed by atoms with E-state index in [4.69, 9.17) is 0 Å². The maximum Gasteiger partial charge on any atom is 0.220 e. The highest BCUT2D eigenvalue weighted by Crippen LogP contribution is 2.26. The Balaban J connectivity index is 0.00000200. The molecule has 1 unspecified atom stereocenters. The lowest BCUT2D eigenvalue weighted by molar-refractivity contribution is 0.219. The fourth-order valence-electron chi connectivity index (χ4n) is 2.94. The summed E-state index contributed by atoms with van der Waals surface area (Å²) in [6.07, 6.45) is 3.48. The zero-order valence-electron chi connectivity index (χ0n) is 12.1. The van der Waals surface area contributed by atoms with E-state index in [1.165, 1.54) is 0 Å². The van der Waals surface area contributed by atoms with Crippen LogP contribution in [0.4, 0.5) is 0 Å². The van der Waals surface area contributed by atoms with Gasteiger partial charge in [-0.2, -0.15) is 4.31 Å². The summed E-state index contributed by atoms with van der Waals surface area (Å²) in [4.78, 5) is 2.17. The molecule has 2 fully saturated rings.